The van der Waals surface area contributed by atoms with Crippen molar-refractivity contribution < 1.29 is 8.42 Å². The molecule has 0 unspecified atom stereocenters. The van der Waals surface area contributed by atoms with Gasteiger partial charge in [-0.15, -0.1) is 4.72 Å². The van der Waals surface area contributed by atoms with Crippen LogP contribution in [0.25, 0.3) is 0 Å². The summed E-state index contributed by atoms with van der Waals surface area (Å²) in [7, 11) is -3.91. The molecule has 1 aromatic heterocycles. The van der Waals surface area contributed by atoms with Crippen LogP contribution in [-0.2, 0) is 10.2 Å². The fraction of sp³-hybridized carbons (Fsp3) is 0.250. The average Bonchev–Trinajstić information content (AvgIpc) is 2.29. The van der Waals surface area contributed by atoms with Gasteiger partial charge in [0.25, 0.3) is 3.92 Å². The molecule has 0 aliphatic carbocycles. The molecule has 1 heterocycles. The summed E-state index contributed by atoms with van der Waals surface area (Å²) in [5.74, 6) is 0. The van der Waals surface area contributed by atoms with Crippen LogP contribution in [0.2, 0.25) is 0 Å². The molecule has 0 saturated heterocycles. The highest BCUT2D eigenvalue weighted by molar-refractivity contribution is 7.88. The maximum atomic E-state index is 11.2. The Morgan fingerprint density at radius 1 is 1.38 bits per heavy atom. The standard InChI is InChI=1S/C4H4Cl3N3O2S/c5-4(6,7)9-13(11,12)10-3-1-2-8-10/h1-3,9H. The summed E-state index contributed by atoms with van der Waals surface area (Å²) in [5, 5.41) is 3.46. The largest absolute Gasteiger partial charge is 0.323 e. The van der Waals surface area contributed by atoms with E-state index in [1.807, 2.05) is 0 Å². The molecule has 0 aromatic carbocycles. The molecule has 13 heavy (non-hydrogen) atoms. The van der Waals surface area contributed by atoms with E-state index in [0.29, 0.717) is 4.09 Å². The normalized spacial score (nSPS) is 13.2. The van der Waals surface area contributed by atoms with Crippen molar-refractivity contribution >= 4 is 45.0 Å². The summed E-state index contributed by atoms with van der Waals surface area (Å²) >= 11 is 15.7. The van der Waals surface area contributed by atoms with E-state index in [9.17, 15) is 8.42 Å². The van der Waals surface area contributed by atoms with Crippen molar-refractivity contribution in [1.29, 1.82) is 0 Å². The lowest BCUT2D eigenvalue weighted by molar-refractivity contribution is 0.566. The molecule has 9 heteroatoms. The Bertz CT molecular complexity index is 368. The lowest BCUT2D eigenvalue weighted by Gasteiger charge is -2.12. The van der Waals surface area contributed by atoms with Crippen molar-refractivity contribution in [3.05, 3.63) is 18.5 Å². The molecule has 0 aliphatic rings. The molecule has 1 N–H and O–H groups in total. The lowest BCUT2D eigenvalue weighted by Crippen LogP contribution is -2.38. The summed E-state index contributed by atoms with van der Waals surface area (Å²) in [6.45, 7) is 0. The first-order chi connectivity index (χ1) is 5.81. The molecule has 0 spiro atoms. The molecule has 0 radical (unpaired) electrons. The third kappa shape index (κ3) is 3.32. The van der Waals surface area contributed by atoms with Gasteiger partial charge in [-0.3, -0.25) is 0 Å². The van der Waals surface area contributed by atoms with Gasteiger partial charge in [-0.1, -0.05) is 34.8 Å². The second-order valence-corrected chi connectivity index (χ2v) is 5.79. The number of hydrogen-bond acceptors (Lipinski definition) is 3. The monoisotopic (exact) mass is 263 g/mol. The van der Waals surface area contributed by atoms with Crippen LogP contribution in [0.5, 0.6) is 0 Å². The maximum absolute atomic E-state index is 11.2. The van der Waals surface area contributed by atoms with E-state index in [4.69, 9.17) is 34.8 Å². The first kappa shape index (κ1) is 11.1. The molecule has 0 saturated carbocycles. The average molecular weight is 265 g/mol. The van der Waals surface area contributed by atoms with Gasteiger partial charge >= 0.3 is 10.2 Å². The van der Waals surface area contributed by atoms with Crippen LogP contribution in [0.1, 0.15) is 0 Å². The summed E-state index contributed by atoms with van der Waals surface area (Å²) in [6, 6.07) is 1.43. The zero-order chi connectivity index (χ0) is 10.1. The molecule has 74 valence electrons. The highest BCUT2D eigenvalue weighted by atomic mass is 35.6. The molecule has 1 rings (SSSR count). The highest BCUT2D eigenvalue weighted by Crippen LogP contribution is 2.23. The molecule has 0 bridgehead atoms. The number of hydrogen-bond donors (Lipinski definition) is 1. The minimum absolute atomic E-state index is 0.648. The molecule has 1 aromatic rings. The zero-order valence-corrected chi connectivity index (χ0v) is 9.07. The molecule has 5 nitrogen and oxygen atoms in total. The summed E-state index contributed by atoms with van der Waals surface area (Å²) in [6.07, 6.45) is 2.50. The Hall–Kier alpha value is -0.0100. The molecule has 0 atom stereocenters. The molecular weight excluding hydrogens is 260 g/mol. The number of halogens is 3. The van der Waals surface area contributed by atoms with Crippen molar-refractivity contribution in [2.24, 2.45) is 0 Å². The van der Waals surface area contributed by atoms with Crippen molar-refractivity contribution in [3.63, 3.8) is 0 Å². The second-order valence-electron chi connectivity index (χ2n) is 1.98. The molecule has 0 fully saturated rings. The summed E-state index contributed by atoms with van der Waals surface area (Å²) < 4.78 is 22.8. The lowest BCUT2D eigenvalue weighted by atomic mass is 10.8. The highest BCUT2D eigenvalue weighted by Gasteiger charge is 2.28. The first-order valence-electron chi connectivity index (χ1n) is 2.92. The maximum Gasteiger partial charge on any atom is 0.323 e. The van der Waals surface area contributed by atoms with E-state index in [1.165, 1.54) is 18.5 Å². The summed E-state index contributed by atoms with van der Waals surface area (Å²) in [5.41, 5.74) is 0. The van der Waals surface area contributed by atoms with Crippen LogP contribution >= 0.6 is 34.8 Å². The topological polar surface area (TPSA) is 64.0 Å². The Labute approximate surface area is 89.8 Å². The van der Waals surface area contributed by atoms with E-state index in [2.05, 4.69) is 5.10 Å². The quantitative estimate of drug-likeness (QED) is 0.637. The van der Waals surface area contributed by atoms with Crippen LogP contribution < -0.4 is 4.72 Å². The number of rotatable bonds is 2. The van der Waals surface area contributed by atoms with E-state index in [0.717, 1.165) is 0 Å². The van der Waals surface area contributed by atoms with Crippen molar-refractivity contribution in [2.75, 3.05) is 0 Å². The smallest absolute Gasteiger partial charge is 0.187 e. The van der Waals surface area contributed by atoms with Crippen LogP contribution in [-0.4, -0.2) is 21.5 Å². The van der Waals surface area contributed by atoms with Gasteiger partial charge in [0.1, 0.15) is 0 Å². The molecule has 0 aliphatic heterocycles. The number of nitrogens with one attached hydrogen (secondary N) is 1. The van der Waals surface area contributed by atoms with Crippen molar-refractivity contribution in [2.45, 2.75) is 3.92 Å². The first-order valence-corrected chi connectivity index (χ1v) is 5.49. The van der Waals surface area contributed by atoms with Crippen molar-refractivity contribution in [1.82, 2.24) is 13.9 Å². The zero-order valence-electron chi connectivity index (χ0n) is 5.99. The van der Waals surface area contributed by atoms with E-state index in [-0.39, 0.29) is 0 Å². The predicted octanol–water partition coefficient (Wildman–Crippen LogP) is 0.893. The minimum atomic E-state index is -3.91. The Balaban J connectivity index is 2.93. The SMILES string of the molecule is O=S(=O)(NC(Cl)(Cl)Cl)n1cccn1. The van der Waals surface area contributed by atoms with E-state index < -0.39 is 14.1 Å². The van der Waals surface area contributed by atoms with Gasteiger partial charge < -0.3 is 0 Å². The van der Waals surface area contributed by atoms with Crippen molar-refractivity contribution in [3.8, 4) is 0 Å². The minimum Gasteiger partial charge on any atom is -0.187 e. The van der Waals surface area contributed by atoms with Gasteiger partial charge in [-0.25, -0.2) is 0 Å². The number of alkyl halides is 3. The third-order valence-electron chi connectivity index (χ3n) is 0.971. The van der Waals surface area contributed by atoms with Gasteiger partial charge in [-0.05, 0) is 6.07 Å². The van der Waals surface area contributed by atoms with Gasteiger partial charge in [0.15, 0.2) is 0 Å². The van der Waals surface area contributed by atoms with Crippen LogP contribution in [0.4, 0.5) is 0 Å². The predicted molar refractivity (Wildman–Crippen MR) is 50.0 cm³/mol. The Kier molecular flexibility index (Phi) is 3.09. The Morgan fingerprint density at radius 2 is 2.00 bits per heavy atom. The fourth-order valence-electron chi connectivity index (χ4n) is 0.590. The van der Waals surface area contributed by atoms with E-state index >= 15 is 0 Å². The Morgan fingerprint density at radius 3 is 2.38 bits per heavy atom. The van der Waals surface area contributed by atoms with Crippen LogP contribution in [0.15, 0.2) is 18.5 Å². The van der Waals surface area contributed by atoms with Gasteiger partial charge in [0.2, 0.25) is 0 Å². The van der Waals surface area contributed by atoms with Gasteiger partial charge in [0, 0.05) is 6.20 Å². The third-order valence-corrected chi connectivity index (χ3v) is 2.86. The number of nitrogens with zero attached hydrogens (tertiary/aromatic N) is 2. The summed E-state index contributed by atoms with van der Waals surface area (Å²) in [4.78, 5) is 0. The molecule has 0 amide bonds. The molecular formula is C4H4Cl3N3O2S. The van der Waals surface area contributed by atoms with E-state index in [1.54, 1.807) is 4.72 Å². The second kappa shape index (κ2) is 3.62. The fourth-order valence-corrected chi connectivity index (χ4v) is 2.26. The van der Waals surface area contributed by atoms with Gasteiger partial charge in [0.05, 0.1) is 6.20 Å². The van der Waals surface area contributed by atoms with Gasteiger partial charge in [-0.2, -0.15) is 17.6 Å². The van der Waals surface area contributed by atoms with Crippen LogP contribution in [0.3, 0.4) is 0 Å². The number of aromatic nitrogens is 2. The van der Waals surface area contributed by atoms with Crippen LogP contribution in [0, 0.1) is 0 Å².